The van der Waals surface area contributed by atoms with Crippen molar-refractivity contribution in [3.8, 4) is 0 Å². The molecule has 152 valence electrons. The normalized spacial score (nSPS) is 24.6. The first-order chi connectivity index (χ1) is 13.6. The standard InChI is InChI=1S/C23H35N5/c1-19-15-22-24-8-14-28(22)17-21(19)27-9-3-20(4-10-27)16-26-12-6-23(7-13-26)5-11-25(2)18-23/h8,14-15,17,20H,3-7,9-13,16,18H2,1-2H3. The number of anilines is 1. The quantitative estimate of drug-likeness (QED) is 0.815. The Bertz CT molecular complexity index is 812. The van der Waals surface area contributed by atoms with Crippen LogP contribution in [0.15, 0.2) is 24.7 Å². The lowest BCUT2D eigenvalue weighted by molar-refractivity contribution is 0.0938. The number of aryl methyl sites for hydroxylation is 1. The van der Waals surface area contributed by atoms with Gasteiger partial charge >= 0.3 is 0 Å². The van der Waals surface area contributed by atoms with Crippen LogP contribution in [0.25, 0.3) is 5.65 Å². The first-order valence-corrected chi connectivity index (χ1v) is 11.2. The van der Waals surface area contributed by atoms with Gasteiger partial charge in [0.1, 0.15) is 5.65 Å². The molecule has 0 aromatic carbocycles. The molecule has 0 atom stereocenters. The summed E-state index contributed by atoms with van der Waals surface area (Å²) in [6.45, 7) is 11.2. The van der Waals surface area contributed by atoms with Crippen LogP contribution in [0.3, 0.4) is 0 Å². The Hall–Kier alpha value is -1.59. The molecule has 2 aromatic heterocycles. The zero-order chi connectivity index (χ0) is 19.1. The van der Waals surface area contributed by atoms with Crippen LogP contribution < -0.4 is 4.90 Å². The topological polar surface area (TPSA) is 27.0 Å². The molecule has 5 rings (SSSR count). The van der Waals surface area contributed by atoms with Gasteiger partial charge in [-0.2, -0.15) is 0 Å². The number of nitrogens with zero attached hydrogens (tertiary/aromatic N) is 5. The number of fused-ring (bicyclic) bond motifs is 1. The first-order valence-electron chi connectivity index (χ1n) is 11.2. The Labute approximate surface area is 169 Å². The van der Waals surface area contributed by atoms with Crippen molar-refractivity contribution in [3.05, 3.63) is 30.2 Å². The summed E-state index contributed by atoms with van der Waals surface area (Å²) in [6.07, 6.45) is 13.1. The highest BCUT2D eigenvalue weighted by Crippen LogP contribution is 2.40. The lowest BCUT2D eigenvalue weighted by Gasteiger charge is -2.42. The smallest absolute Gasteiger partial charge is 0.137 e. The van der Waals surface area contributed by atoms with Crippen LogP contribution >= 0.6 is 0 Å². The third-order valence-electron chi connectivity index (χ3n) is 7.73. The van der Waals surface area contributed by atoms with Crippen LogP contribution in [-0.4, -0.2) is 72.0 Å². The fraction of sp³-hybridized carbons (Fsp3) is 0.696. The molecule has 0 saturated carbocycles. The highest BCUT2D eigenvalue weighted by atomic mass is 15.2. The average Bonchev–Trinajstić information content (AvgIpc) is 3.30. The molecule has 5 heterocycles. The van der Waals surface area contributed by atoms with E-state index in [1.165, 1.54) is 89.2 Å². The van der Waals surface area contributed by atoms with Gasteiger partial charge in [0.2, 0.25) is 0 Å². The Morgan fingerprint density at radius 1 is 1.07 bits per heavy atom. The van der Waals surface area contributed by atoms with Crippen LogP contribution in [0.1, 0.15) is 37.7 Å². The molecule has 0 bridgehead atoms. The molecule has 2 aromatic rings. The summed E-state index contributed by atoms with van der Waals surface area (Å²) >= 11 is 0. The fourth-order valence-corrected chi connectivity index (χ4v) is 5.88. The van der Waals surface area contributed by atoms with Crippen molar-refractivity contribution in [2.75, 3.05) is 57.8 Å². The molecule has 3 fully saturated rings. The minimum atomic E-state index is 0.651. The van der Waals surface area contributed by atoms with Gasteiger partial charge < -0.3 is 19.1 Å². The monoisotopic (exact) mass is 381 g/mol. The second-order valence-electron chi connectivity index (χ2n) is 9.75. The predicted molar refractivity (Wildman–Crippen MR) is 115 cm³/mol. The first kappa shape index (κ1) is 18.4. The lowest BCUT2D eigenvalue weighted by atomic mass is 9.77. The van der Waals surface area contributed by atoms with Crippen molar-refractivity contribution in [2.45, 2.75) is 39.0 Å². The minimum Gasteiger partial charge on any atom is -0.370 e. The molecule has 5 nitrogen and oxygen atoms in total. The van der Waals surface area contributed by atoms with Gasteiger partial charge in [0.25, 0.3) is 0 Å². The van der Waals surface area contributed by atoms with Gasteiger partial charge in [-0.1, -0.05) is 0 Å². The van der Waals surface area contributed by atoms with Crippen molar-refractivity contribution in [2.24, 2.45) is 11.3 Å². The molecule has 1 spiro atoms. The third-order valence-corrected chi connectivity index (χ3v) is 7.73. The largest absolute Gasteiger partial charge is 0.370 e. The van der Waals surface area contributed by atoms with Gasteiger partial charge in [-0.15, -0.1) is 0 Å². The van der Waals surface area contributed by atoms with Gasteiger partial charge in [0, 0.05) is 44.8 Å². The highest BCUT2D eigenvalue weighted by molar-refractivity contribution is 5.58. The third kappa shape index (κ3) is 3.55. The number of hydrogen-bond acceptors (Lipinski definition) is 4. The van der Waals surface area contributed by atoms with Crippen LogP contribution in [0.5, 0.6) is 0 Å². The van der Waals surface area contributed by atoms with Crippen LogP contribution in [-0.2, 0) is 0 Å². The Morgan fingerprint density at radius 2 is 1.82 bits per heavy atom. The van der Waals surface area contributed by atoms with Gasteiger partial charge in [-0.05, 0) is 88.7 Å². The van der Waals surface area contributed by atoms with E-state index in [1.807, 2.05) is 6.20 Å². The Balaban J connectivity index is 1.14. The molecule has 0 radical (unpaired) electrons. The van der Waals surface area contributed by atoms with Crippen molar-refractivity contribution >= 4 is 11.3 Å². The zero-order valence-electron chi connectivity index (χ0n) is 17.6. The second kappa shape index (κ2) is 7.34. The maximum absolute atomic E-state index is 4.41. The minimum absolute atomic E-state index is 0.651. The molecule has 5 heteroatoms. The molecule has 0 amide bonds. The summed E-state index contributed by atoms with van der Waals surface area (Å²) < 4.78 is 2.15. The summed E-state index contributed by atoms with van der Waals surface area (Å²) in [4.78, 5) is 12.3. The predicted octanol–water partition coefficient (Wildman–Crippen LogP) is 3.28. The van der Waals surface area contributed by atoms with E-state index in [0.29, 0.717) is 5.41 Å². The summed E-state index contributed by atoms with van der Waals surface area (Å²) in [6, 6.07) is 2.21. The van der Waals surface area contributed by atoms with Crippen molar-refractivity contribution in [1.82, 2.24) is 19.2 Å². The van der Waals surface area contributed by atoms with Gasteiger partial charge in [0.15, 0.2) is 0 Å². The van der Waals surface area contributed by atoms with Gasteiger partial charge in [-0.3, -0.25) is 0 Å². The molecule has 3 aliphatic heterocycles. The van der Waals surface area contributed by atoms with Crippen molar-refractivity contribution < 1.29 is 0 Å². The van der Waals surface area contributed by atoms with Gasteiger partial charge in [-0.25, -0.2) is 4.98 Å². The number of piperidine rings is 2. The van der Waals surface area contributed by atoms with E-state index in [0.717, 1.165) is 11.6 Å². The number of pyridine rings is 1. The van der Waals surface area contributed by atoms with Crippen LogP contribution in [0.2, 0.25) is 0 Å². The summed E-state index contributed by atoms with van der Waals surface area (Å²) in [5.74, 6) is 0.869. The van der Waals surface area contributed by atoms with E-state index in [2.05, 4.69) is 56.5 Å². The molecular weight excluding hydrogens is 346 g/mol. The Morgan fingerprint density at radius 3 is 2.54 bits per heavy atom. The van der Waals surface area contributed by atoms with E-state index in [9.17, 15) is 0 Å². The van der Waals surface area contributed by atoms with E-state index >= 15 is 0 Å². The lowest BCUT2D eigenvalue weighted by Crippen LogP contribution is -2.45. The zero-order valence-corrected chi connectivity index (χ0v) is 17.6. The summed E-state index contributed by atoms with van der Waals surface area (Å²) in [5, 5.41) is 0. The van der Waals surface area contributed by atoms with E-state index in [4.69, 9.17) is 0 Å². The number of likely N-dealkylation sites (tertiary alicyclic amines) is 2. The average molecular weight is 382 g/mol. The van der Waals surface area contributed by atoms with Crippen LogP contribution in [0, 0.1) is 18.3 Å². The molecule has 0 N–H and O–H groups in total. The molecular formula is C23H35N5. The fourth-order valence-electron chi connectivity index (χ4n) is 5.88. The maximum Gasteiger partial charge on any atom is 0.137 e. The van der Waals surface area contributed by atoms with E-state index in [-0.39, 0.29) is 0 Å². The van der Waals surface area contributed by atoms with Crippen molar-refractivity contribution in [3.63, 3.8) is 0 Å². The van der Waals surface area contributed by atoms with Crippen LogP contribution in [0.4, 0.5) is 5.69 Å². The molecule has 0 unspecified atom stereocenters. The Kier molecular flexibility index (Phi) is 4.84. The molecule has 0 aliphatic carbocycles. The molecule has 3 saturated heterocycles. The highest BCUT2D eigenvalue weighted by Gasteiger charge is 2.39. The second-order valence-corrected chi connectivity index (χ2v) is 9.75. The SMILES string of the molecule is Cc1cc2nccn2cc1N1CCC(CN2CCC3(CCN(C)C3)CC2)CC1. The van der Waals surface area contributed by atoms with E-state index < -0.39 is 0 Å². The maximum atomic E-state index is 4.41. The summed E-state index contributed by atoms with van der Waals surface area (Å²) in [5.41, 5.74) is 4.43. The van der Waals surface area contributed by atoms with Crippen molar-refractivity contribution in [1.29, 1.82) is 0 Å². The number of hydrogen-bond donors (Lipinski definition) is 0. The number of rotatable bonds is 3. The van der Waals surface area contributed by atoms with Gasteiger partial charge in [0.05, 0.1) is 5.69 Å². The molecule has 3 aliphatic rings. The summed E-state index contributed by atoms with van der Waals surface area (Å²) in [7, 11) is 2.29. The molecule has 28 heavy (non-hydrogen) atoms. The number of imidazole rings is 1. The van der Waals surface area contributed by atoms with E-state index in [1.54, 1.807) is 0 Å². The number of aromatic nitrogens is 2.